The third-order valence-electron chi connectivity index (χ3n) is 0.908. The van der Waals surface area contributed by atoms with Crippen LogP contribution in [0.5, 0.6) is 0 Å². The van der Waals surface area contributed by atoms with Gasteiger partial charge in [-0.05, 0) is 0 Å². The first-order valence-corrected chi connectivity index (χ1v) is 2.58. The molecule has 0 rings (SSSR count). The molecule has 0 saturated carbocycles. The highest BCUT2D eigenvalue weighted by Gasteiger charge is 2.34. The van der Waals surface area contributed by atoms with Crippen LogP contribution in [0.4, 0.5) is 0 Å². The molecule has 0 spiro atoms. The minimum Gasteiger partial charge on any atom is -0.368 e. The Morgan fingerprint density at radius 2 is 1.55 bits per heavy atom. The molecule has 8 nitrogen and oxygen atoms in total. The van der Waals surface area contributed by atoms with Gasteiger partial charge in [0.05, 0.1) is 9.85 Å². The van der Waals surface area contributed by atoms with Crippen molar-refractivity contribution in [2.24, 2.45) is 0 Å². The average molecular weight is 166 g/mol. The SMILES string of the molecule is O=[N+]([O-])C(CC(O)O)[N+](=O)[O-]. The van der Waals surface area contributed by atoms with Crippen LogP contribution in [-0.2, 0) is 0 Å². The second-order valence-corrected chi connectivity index (χ2v) is 1.77. The van der Waals surface area contributed by atoms with Crippen molar-refractivity contribution in [1.82, 2.24) is 0 Å². The van der Waals surface area contributed by atoms with Gasteiger partial charge in [0, 0.05) is 0 Å². The summed E-state index contributed by atoms with van der Waals surface area (Å²) in [5.41, 5.74) is 0. The van der Waals surface area contributed by atoms with E-state index in [4.69, 9.17) is 10.2 Å². The molecule has 0 aliphatic carbocycles. The molecular formula is C3H6N2O6. The van der Waals surface area contributed by atoms with Crippen LogP contribution in [0.25, 0.3) is 0 Å². The Hall–Kier alpha value is -1.28. The number of nitrogens with zero attached hydrogens (tertiary/aromatic N) is 2. The molecule has 0 amide bonds. The van der Waals surface area contributed by atoms with Gasteiger partial charge in [-0.15, -0.1) is 0 Å². The summed E-state index contributed by atoms with van der Waals surface area (Å²) in [4.78, 5) is 17.3. The topological polar surface area (TPSA) is 127 Å². The first-order chi connectivity index (χ1) is 4.95. The number of nitro groups is 2. The van der Waals surface area contributed by atoms with Gasteiger partial charge in [0.25, 0.3) is 0 Å². The van der Waals surface area contributed by atoms with E-state index in [1.54, 1.807) is 0 Å². The fourth-order valence-electron chi connectivity index (χ4n) is 0.438. The van der Waals surface area contributed by atoms with E-state index < -0.39 is 28.7 Å². The van der Waals surface area contributed by atoms with E-state index in [9.17, 15) is 20.2 Å². The molecule has 0 bridgehead atoms. The molecule has 8 heteroatoms. The molecule has 64 valence electrons. The zero-order valence-electron chi connectivity index (χ0n) is 5.28. The molecular weight excluding hydrogens is 160 g/mol. The van der Waals surface area contributed by atoms with Gasteiger partial charge >= 0.3 is 6.17 Å². The van der Waals surface area contributed by atoms with Crippen molar-refractivity contribution >= 4 is 0 Å². The van der Waals surface area contributed by atoms with Gasteiger partial charge in [-0.2, -0.15) is 0 Å². The minimum atomic E-state index is -2.14. The fourth-order valence-corrected chi connectivity index (χ4v) is 0.438. The van der Waals surface area contributed by atoms with Gasteiger partial charge in [-0.1, -0.05) is 0 Å². The molecule has 0 saturated heterocycles. The number of aliphatic hydroxyl groups is 2. The predicted molar refractivity (Wildman–Crippen MR) is 30.6 cm³/mol. The van der Waals surface area contributed by atoms with Crippen molar-refractivity contribution in [2.75, 3.05) is 0 Å². The molecule has 0 aromatic heterocycles. The second-order valence-electron chi connectivity index (χ2n) is 1.77. The Balaban J connectivity index is 4.12. The summed E-state index contributed by atoms with van der Waals surface area (Å²) in [7, 11) is 0. The average Bonchev–Trinajstić information content (AvgIpc) is 1.81. The maximum atomic E-state index is 9.82. The van der Waals surface area contributed by atoms with E-state index in [1.807, 2.05) is 0 Å². The van der Waals surface area contributed by atoms with Gasteiger partial charge in [-0.3, -0.25) is 20.2 Å². The monoisotopic (exact) mass is 166 g/mol. The van der Waals surface area contributed by atoms with Crippen LogP contribution < -0.4 is 0 Å². The number of aliphatic hydroxyl groups excluding tert-OH is 1. The first-order valence-electron chi connectivity index (χ1n) is 2.58. The quantitative estimate of drug-likeness (QED) is 0.299. The molecule has 0 fully saturated rings. The zero-order chi connectivity index (χ0) is 9.02. The summed E-state index contributed by atoms with van der Waals surface area (Å²) in [6.07, 6.45) is -5.08. The highest BCUT2D eigenvalue weighted by molar-refractivity contribution is 4.43. The van der Waals surface area contributed by atoms with Crippen LogP contribution in [0.15, 0.2) is 0 Å². The molecule has 0 heterocycles. The first kappa shape index (κ1) is 9.72. The maximum absolute atomic E-state index is 9.82. The summed E-state index contributed by atoms with van der Waals surface area (Å²) in [6, 6.07) is 0. The van der Waals surface area contributed by atoms with E-state index >= 15 is 0 Å². The number of hydrogen-bond acceptors (Lipinski definition) is 6. The highest BCUT2D eigenvalue weighted by Crippen LogP contribution is 2.00. The number of hydrogen-bond donors (Lipinski definition) is 2. The smallest absolute Gasteiger partial charge is 0.368 e. The Morgan fingerprint density at radius 3 is 1.64 bits per heavy atom. The second kappa shape index (κ2) is 3.78. The third-order valence-corrected chi connectivity index (χ3v) is 0.908. The largest absolute Gasteiger partial charge is 0.455 e. The van der Waals surface area contributed by atoms with Gasteiger partial charge in [0.15, 0.2) is 6.29 Å². The Morgan fingerprint density at radius 1 is 1.18 bits per heavy atom. The Bertz CT molecular complexity index is 153. The summed E-state index contributed by atoms with van der Waals surface area (Å²) in [5, 5.41) is 36.0. The van der Waals surface area contributed by atoms with Gasteiger partial charge in [0.1, 0.15) is 6.42 Å². The molecule has 2 N–H and O–H groups in total. The molecule has 0 aliphatic rings. The van der Waals surface area contributed by atoms with Gasteiger partial charge in [-0.25, -0.2) is 0 Å². The molecule has 0 atom stereocenters. The minimum absolute atomic E-state index is 0.903. The van der Waals surface area contributed by atoms with Crippen LogP contribution >= 0.6 is 0 Å². The van der Waals surface area contributed by atoms with Crippen LogP contribution in [0.3, 0.4) is 0 Å². The highest BCUT2D eigenvalue weighted by atomic mass is 16.7. The summed E-state index contributed by atoms with van der Waals surface area (Å²) in [5.74, 6) is 0. The van der Waals surface area contributed by atoms with Gasteiger partial charge < -0.3 is 10.2 Å². The molecule has 0 radical (unpaired) electrons. The molecule has 0 aliphatic heterocycles. The molecule has 11 heavy (non-hydrogen) atoms. The lowest BCUT2D eigenvalue weighted by Gasteiger charge is -2.02. The van der Waals surface area contributed by atoms with Crippen LogP contribution in [0.2, 0.25) is 0 Å². The van der Waals surface area contributed by atoms with E-state index in [2.05, 4.69) is 0 Å². The molecule has 0 unspecified atom stereocenters. The Kier molecular flexibility index (Phi) is 3.34. The van der Waals surface area contributed by atoms with Crippen molar-refractivity contribution in [3.05, 3.63) is 20.2 Å². The van der Waals surface area contributed by atoms with Gasteiger partial charge in [0.2, 0.25) is 0 Å². The predicted octanol–water partition coefficient (Wildman–Crippen LogP) is -1.43. The summed E-state index contributed by atoms with van der Waals surface area (Å²) < 4.78 is 0. The zero-order valence-corrected chi connectivity index (χ0v) is 5.28. The van der Waals surface area contributed by atoms with E-state index in [1.165, 1.54) is 0 Å². The fraction of sp³-hybridized carbons (Fsp3) is 1.00. The normalized spacial score (nSPS) is 10.5. The van der Waals surface area contributed by atoms with Crippen LogP contribution in [-0.4, -0.2) is 32.5 Å². The summed E-state index contributed by atoms with van der Waals surface area (Å²) >= 11 is 0. The van der Waals surface area contributed by atoms with Crippen molar-refractivity contribution in [1.29, 1.82) is 0 Å². The van der Waals surface area contributed by atoms with E-state index in [0.29, 0.717) is 0 Å². The Labute approximate surface area is 60.4 Å². The van der Waals surface area contributed by atoms with Crippen molar-refractivity contribution in [3.63, 3.8) is 0 Å². The van der Waals surface area contributed by atoms with Crippen LogP contribution in [0.1, 0.15) is 6.42 Å². The van der Waals surface area contributed by atoms with Crippen molar-refractivity contribution in [3.8, 4) is 0 Å². The van der Waals surface area contributed by atoms with Crippen molar-refractivity contribution in [2.45, 2.75) is 18.9 Å². The number of rotatable bonds is 4. The van der Waals surface area contributed by atoms with Crippen molar-refractivity contribution < 1.29 is 20.1 Å². The maximum Gasteiger partial charge on any atom is 0.455 e. The lowest BCUT2D eigenvalue weighted by molar-refractivity contribution is -0.745. The molecule has 0 aromatic rings. The lowest BCUT2D eigenvalue weighted by atomic mass is 10.3. The summed E-state index contributed by atoms with van der Waals surface area (Å²) in [6.45, 7) is 0. The third kappa shape index (κ3) is 3.43. The van der Waals surface area contributed by atoms with Crippen LogP contribution in [0, 0.1) is 20.2 Å². The van der Waals surface area contributed by atoms with E-state index in [-0.39, 0.29) is 0 Å². The molecule has 0 aromatic carbocycles. The standard InChI is InChI=1S/C3H6N2O6/c6-3(7)1-2(4(8)9)5(10)11/h2-3,6-7H,1H2. The lowest BCUT2D eigenvalue weighted by Crippen LogP contribution is -2.32. The van der Waals surface area contributed by atoms with E-state index in [0.717, 1.165) is 0 Å².